The number of aryl methyl sites for hydroxylation is 1. The van der Waals surface area contributed by atoms with Gasteiger partial charge in [0.15, 0.2) is 0 Å². The molecule has 3 rings (SSSR count). The summed E-state index contributed by atoms with van der Waals surface area (Å²) in [5.41, 5.74) is 1.58. The summed E-state index contributed by atoms with van der Waals surface area (Å²) >= 11 is 0. The molecule has 0 aliphatic rings. The summed E-state index contributed by atoms with van der Waals surface area (Å²) in [6, 6.07) is 14.9. The number of para-hydroxylation sites is 2. The van der Waals surface area contributed by atoms with Gasteiger partial charge in [-0.05, 0) is 31.5 Å². The van der Waals surface area contributed by atoms with Crippen LogP contribution in [0.25, 0.3) is 10.9 Å². The number of hydrogen-bond donors (Lipinski definition) is 0. The van der Waals surface area contributed by atoms with E-state index < -0.39 is 0 Å². The summed E-state index contributed by atoms with van der Waals surface area (Å²) in [4.78, 5) is 31.2. The fourth-order valence-corrected chi connectivity index (χ4v) is 3.28. The normalized spacial score (nSPS) is 12.0. The molecule has 3 aromatic rings. The highest BCUT2D eigenvalue weighted by atomic mass is 16.5. The van der Waals surface area contributed by atoms with Crippen molar-refractivity contribution in [3.63, 3.8) is 0 Å². The van der Waals surface area contributed by atoms with Gasteiger partial charge >= 0.3 is 0 Å². The molecule has 0 radical (unpaired) electrons. The molecule has 2 aromatic carbocycles. The van der Waals surface area contributed by atoms with Gasteiger partial charge in [-0.15, -0.1) is 0 Å². The summed E-state index contributed by atoms with van der Waals surface area (Å²) in [6.45, 7) is 2.44. The zero-order valence-corrected chi connectivity index (χ0v) is 16.5. The highest BCUT2D eigenvalue weighted by Gasteiger charge is 2.19. The average Bonchev–Trinajstić information content (AvgIpc) is 2.74. The maximum absolute atomic E-state index is 12.6. The molecule has 0 bridgehead atoms. The number of fused-ring (bicyclic) bond motifs is 1. The zero-order chi connectivity index (χ0) is 20.1. The molecular weight excluding hydrogens is 354 g/mol. The van der Waals surface area contributed by atoms with Crippen LogP contribution in [0.1, 0.15) is 31.4 Å². The highest BCUT2D eigenvalue weighted by Crippen LogP contribution is 2.28. The predicted octanol–water partition coefficient (Wildman–Crippen LogP) is 3.40. The highest BCUT2D eigenvalue weighted by molar-refractivity contribution is 5.77. The van der Waals surface area contributed by atoms with Crippen LogP contribution in [-0.2, 0) is 11.3 Å². The van der Waals surface area contributed by atoms with Gasteiger partial charge in [-0.3, -0.25) is 14.2 Å². The number of carbonyl (C=O) groups is 1. The number of hydrogen-bond acceptors (Lipinski definition) is 4. The minimum absolute atomic E-state index is 0.0280. The van der Waals surface area contributed by atoms with E-state index in [-0.39, 0.29) is 17.5 Å². The molecule has 0 fully saturated rings. The van der Waals surface area contributed by atoms with E-state index in [1.807, 2.05) is 49.4 Å². The number of methoxy groups -OCH3 is 1. The van der Waals surface area contributed by atoms with E-state index in [2.05, 4.69) is 4.98 Å². The molecule has 1 atom stereocenters. The molecule has 6 nitrogen and oxygen atoms in total. The Bertz CT molecular complexity index is 1030. The minimum atomic E-state index is -0.103. The largest absolute Gasteiger partial charge is 0.496 e. The Morgan fingerprint density at radius 2 is 1.89 bits per heavy atom. The van der Waals surface area contributed by atoms with Gasteiger partial charge < -0.3 is 9.64 Å². The minimum Gasteiger partial charge on any atom is -0.496 e. The molecule has 6 heteroatoms. The predicted molar refractivity (Wildman–Crippen MR) is 109 cm³/mol. The summed E-state index contributed by atoms with van der Waals surface area (Å²) in [7, 11) is 3.42. The van der Waals surface area contributed by atoms with Crippen molar-refractivity contribution in [2.45, 2.75) is 32.4 Å². The van der Waals surface area contributed by atoms with E-state index >= 15 is 0 Å². The molecule has 28 heavy (non-hydrogen) atoms. The maximum atomic E-state index is 12.6. The van der Waals surface area contributed by atoms with Crippen LogP contribution in [-0.4, -0.2) is 34.5 Å². The van der Waals surface area contributed by atoms with Crippen molar-refractivity contribution in [2.75, 3.05) is 14.2 Å². The Hall–Kier alpha value is -3.15. The Morgan fingerprint density at radius 1 is 1.18 bits per heavy atom. The fraction of sp³-hybridized carbons (Fsp3) is 0.318. The van der Waals surface area contributed by atoms with Gasteiger partial charge in [0, 0.05) is 25.6 Å². The second kappa shape index (κ2) is 8.69. The molecule has 1 amide bonds. The van der Waals surface area contributed by atoms with Crippen LogP contribution in [0.15, 0.2) is 59.7 Å². The number of carbonyl (C=O) groups excluding carboxylic acids is 1. The van der Waals surface area contributed by atoms with Crippen molar-refractivity contribution in [1.29, 1.82) is 0 Å². The monoisotopic (exact) mass is 379 g/mol. The molecule has 0 aliphatic carbocycles. The summed E-state index contributed by atoms with van der Waals surface area (Å²) < 4.78 is 6.97. The van der Waals surface area contributed by atoms with Crippen LogP contribution in [0.2, 0.25) is 0 Å². The Kier molecular flexibility index (Phi) is 6.09. The Morgan fingerprint density at radius 3 is 2.68 bits per heavy atom. The molecule has 1 unspecified atom stereocenters. The second-order valence-electron chi connectivity index (χ2n) is 6.79. The lowest BCUT2D eigenvalue weighted by Crippen LogP contribution is -2.30. The van der Waals surface area contributed by atoms with Crippen molar-refractivity contribution < 1.29 is 9.53 Å². The molecule has 0 saturated heterocycles. The van der Waals surface area contributed by atoms with E-state index in [9.17, 15) is 9.59 Å². The van der Waals surface area contributed by atoms with E-state index in [1.54, 1.807) is 36.0 Å². The van der Waals surface area contributed by atoms with Gasteiger partial charge in [-0.25, -0.2) is 4.98 Å². The van der Waals surface area contributed by atoms with Gasteiger partial charge in [0.2, 0.25) is 5.91 Å². The van der Waals surface area contributed by atoms with E-state index in [0.29, 0.717) is 30.3 Å². The lowest BCUT2D eigenvalue weighted by molar-refractivity contribution is -0.132. The van der Waals surface area contributed by atoms with Crippen LogP contribution in [0.4, 0.5) is 0 Å². The molecule has 0 spiro atoms. The van der Waals surface area contributed by atoms with Crippen molar-refractivity contribution in [2.24, 2.45) is 0 Å². The molecule has 0 aliphatic heterocycles. The number of rotatable bonds is 7. The first-order valence-electron chi connectivity index (χ1n) is 9.35. The molecule has 1 aromatic heterocycles. The molecule has 0 N–H and O–H groups in total. The summed E-state index contributed by atoms with van der Waals surface area (Å²) in [6.07, 6.45) is 2.48. The van der Waals surface area contributed by atoms with Crippen molar-refractivity contribution >= 4 is 16.8 Å². The fourth-order valence-electron chi connectivity index (χ4n) is 3.28. The first kappa shape index (κ1) is 19.6. The molecular formula is C22H25N3O3. The van der Waals surface area contributed by atoms with Crippen LogP contribution in [0.5, 0.6) is 5.75 Å². The van der Waals surface area contributed by atoms with Gasteiger partial charge in [-0.2, -0.15) is 0 Å². The molecule has 0 saturated carbocycles. The maximum Gasteiger partial charge on any atom is 0.261 e. The van der Waals surface area contributed by atoms with Gasteiger partial charge in [0.1, 0.15) is 5.75 Å². The third kappa shape index (κ3) is 4.06. The van der Waals surface area contributed by atoms with Gasteiger partial charge in [0.25, 0.3) is 5.56 Å². The third-order valence-electron chi connectivity index (χ3n) is 5.08. The molecule has 146 valence electrons. The van der Waals surface area contributed by atoms with Crippen LogP contribution in [0.3, 0.4) is 0 Å². The van der Waals surface area contributed by atoms with E-state index in [1.165, 1.54) is 0 Å². The first-order valence-corrected chi connectivity index (χ1v) is 9.35. The molecule has 1 heterocycles. The average molecular weight is 379 g/mol. The number of aromatic nitrogens is 2. The van der Waals surface area contributed by atoms with E-state index in [4.69, 9.17) is 4.74 Å². The van der Waals surface area contributed by atoms with Gasteiger partial charge in [0.05, 0.1) is 30.4 Å². The lowest BCUT2D eigenvalue weighted by atomic mass is 10.1. The number of ether oxygens (including phenoxy) is 1. The van der Waals surface area contributed by atoms with Crippen LogP contribution < -0.4 is 10.3 Å². The summed E-state index contributed by atoms with van der Waals surface area (Å²) in [5.74, 6) is 0.795. The topological polar surface area (TPSA) is 64.4 Å². The third-order valence-corrected chi connectivity index (χ3v) is 5.08. The Labute approximate surface area is 164 Å². The second-order valence-corrected chi connectivity index (χ2v) is 6.79. The smallest absolute Gasteiger partial charge is 0.261 e. The Balaban J connectivity index is 1.62. The summed E-state index contributed by atoms with van der Waals surface area (Å²) in [5, 5.41) is 0.596. The van der Waals surface area contributed by atoms with Crippen LogP contribution in [0, 0.1) is 0 Å². The van der Waals surface area contributed by atoms with Gasteiger partial charge in [-0.1, -0.05) is 30.3 Å². The zero-order valence-electron chi connectivity index (χ0n) is 16.5. The van der Waals surface area contributed by atoms with Crippen molar-refractivity contribution in [3.05, 3.63) is 70.8 Å². The number of nitrogens with zero attached hydrogens (tertiary/aromatic N) is 3. The first-order chi connectivity index (χ1) is 13.5. The van der Waals surface area contributed by atoms with Crippen LogP contribution >= 0.6 is 0 Å². The quantitative estimate of drug-likeness (QED) is 0.631. The van der Waals surface area contributed by atoms with Crippen molar-refractivity contribution in [3.8, 4) is 5.75 Å². The lowest BCUT2D eigenvalue weighted by Gasteiger charge is -2.26. The standard InChI is InChI=1S/C22H25N3O3/c1-16(17-9-5-7-12-20(17)28-3)24(2)21(26)13-8-14-25-15-23-19-11-6-4-10-18(19)22(25)27/h4-7,9-12,15-16H,8,13-14H2,1-3H3. The SMILES string of the molecule is COc1ccccc1C(C)N(C)C(=O)CCCn1cnc2ccccc2c1=O. The van der Waals surface area contributed by atoms with Crippen molar-refractivity contribution in [1.82, 2.24) is 14.5 Å². The number of amides is 1. The number of benzene rings is 2. The van der Waals surface area contributed by atoms with E-state index in [0.717, 1.165) is 11.3 Å².